The first-order valence-corrected chi connectivity index (χ1v) is 7.34. The number of rotatable bonds is 6. The van der Waals surface area contributed by atoms with Gasteiger partial charge in [-0.15, -0.1) is 0 Å². The van der Waals surface area contributed by atoms with Crippen LogP contribution < -0.4 is 10.6 Å². The maximum Gasteiger partial charge on any atom is 0.233 e. The van der Waals surface area contributed by atoms with Crippen molar-refractivity contribution < 1.29 is 19.1 Å². The summed E-state index contributed by atoms with van der Waals surface area (Å²) in [5.74, 6) is -0.827. The van der Waals surface area contributed by atoms with Crippen molar-refractivity contribution in [2.24, 2.45) is 0 Å². The van der Waals surface area contributed by atoms with Crippen molar-refractivity contribution in [2.45, 2.75) is 32.3 Å². The highest BCUT2D eigenvalue weighted by Crippen LogP contribution is 2.12. The maximum atomic E-state index is 11.8. The Kier molecular flexibility index (Phi) is 5.66. The summed E-state index contributed by atoms with van der Waals surface area (Å²) in [6.45, 7) is 2.62. The van der Waals surface area contributed by atoms with Gasteiger partial charge in [0.2, 0.25) is 11.8 Å². The average molecular weight is 304 g/mol. The summed E-state index contributed by atoms with van der Waals surface area (Å²) in [5.41, 5.74) is 1.02. The molecule has 1 aliphatic rings. The first-order chi connectivity index (χ1) is 10.5. The minimum absolute atomic E-state index is 0.0549. The van der Waals surface area contributed by atoms with Crippen LogP contribution in [0.5, 0.6) is 0 Å². The van der Waals surface area contributed by atoms with Gasteiger partial charge in [-0.05, 0) is 31.9 Å². The summed E-state index contributed by atoms with van der Waals surface area (Å²) >= 11 is 0. The molecule has 1 aliphatic heterocycles. The maximum absolute atomic E-state index is 11.8. The third-order valence-electron chi connectivity index (χ3n) is 3.42. The summed E-state index contributed by atoms with van der Waals surface area (Å²) in [7, 11) is 0. The van der Waals surface area contributed by atoms with Crippen LogP contribution in [-0.2, 0) is 14.3 Å². The lowest BCUT2D eigenvalue weighted by atomic mass is 10.1. The molecule has 118 valence electrons. The second kappa shape index (κ2) is 7.70. The summed E-state index contributed by atoms with van der Waals surface area (Å²) in [6, 6.07) is 6.62. The second-order valence-corrected chi connectivity index (χ2v) is 5.30. The van der Waals surface area contributed by atoms with Crippen LogP contribution in [0.25, 0.3) is 0 Å². The van der Waals surface area contributed by atoms with Crippen molar-refractivity contribution in [1.82, 2.24) is 5.32 Å². The molecule has 0 aromatic heterocycles. The van der Waals surface area contributed by atoms with Crippen LogP contribution in [0.4, 0.5) is 5.69 Å². The number of nitrogens with one attached hydrogen (secondary N) is 2. The van der Waals surface area contributed by atoms with Crippen molar-refractivity contribution in [2.75, 3.05) is 18.5 Å². The zero-order valence-corrected chi connectivity index (χ0v) is 12.6. The molecule has 1 aromatic carbocycles. The third-order valence-corrected chi connectivity index (χ3v) is 3.42. The topological polar surface area (TPSA) is 84.5 Å². The Morgan fingerprint density at radius 2 is 2.09 bits per heavy atom. The zero-order chi connectivity index (χ0) is 15.9. The van der Waals surface area contributed by atoms with Gasteiger partial charge in [0.05, 0.1) is 6.10 Å². The van der Waals surface area contributed by atoms with Gasteiger partial charge in [-0.1, -0.05) is 12.1 Å². The molecule has 2 N–H and O–H groups in total. The number of hydrogen-bond donors (Lipinski definition) is 2. The second-order valence-electron chi connectivity index (χ2n) is 5.30. The van der Waals surface area contributed by atoms with Gasteiger partial charge in [0, 0.05) is 24.4 Å². The smallest absolute Gasteiger partial charge is 0.233 e. The third kappa shape index (κ3) is 4.96. The van der Waals surface area contributed by atoms with E-state index in [-0.39, 0.29) is 24.2 Å². The standard InChI is InChI=1S/C16H20N2O4/c1-11(19)12-4-2-5-13(8-12)18-16(21)9-15(20)17-10-14-6-3-7-22-14/h2,4-5,8,14H,3,6-7,9-10H2,1H3,(H,17,20)(H,18,21). The van der Waals surface area contributed by atoms with Crippen LogP contribution in [0.3, 0.4) is 0 Å². The molecule has 1 unspecified atom stereocenters. The molecule has 0 radical (unpaired) electrons. The fourth-order valence-electron chi connectivity index (χ4n) is 2.26. The number of carbonyl (C=O) groups is 3. The molecule has 1 aromatic rings. The lowest BCUT2D eigenvalue weighted by molar-refractivity contribution is -0.127. The minimum Gasteiger partial charge on any atom is -0.376 e. The Morgan fingerprint density at radius 3 is 2.77 bits per heavy atom. The summed E-state index contributed by atoms with van der Waals surface area (Å²) < 4.78 is 5.39. The van der Waals surface area contributed by atoms with Gasteiger partial charge in [-0.3, -0.25) is 14.4 Å². The molecule has 0 spiro atoms. The van der Waals surface area contributed by atoms with E-state index in [1.54, 1.807) is 24.3 Å². The first-order valence-electron chi connectivity index (χ1n) is 7.34. The predicted octanol–water partition coefficient (Wildman–Crippen LogP) is 1.51. The lowest BCUT2D eigenvalue weighted by Crippen LogP contribution is -2.34. The highest BCUT2D eigenvalue weighted by molar-refractivity contribution is 6.04. The highest BCUT2D eigenvalue weighted by Gasteiger charge is 2.17. The molecule has 1 heterocycles. The van der Waals surface area contributed by atoms with Gasteiger partial charge in [-0.25, -0.2) is 0 Å². The van der Waals surface area contributed by atoms with Gasteiger partial charge < -0.3 is 15.4 Å². The van der Waals surface area contributed by atoms with Crippen LogP contribution in [0.2, 0.25) is 0 Å². The Bertz CT molecular complexity index is 565. The molecule has 1 fully saturated rings. The number of amides is 2. The molecular formula is C16H20N2O4. The first kappa shape index (κ1) is 16.2. The number of Topliss-reactive ketones (excluding diaryl/α,β-unsaturated/α-hetero) is 1. The summed E-state index contributed by atoms with van der Waals surface area (Å²) in [5, 5.41) is 5.30. The number of benzene rings is 1. The Labute approximate surface area is 129 Å². The lowest BCUT2D eigenvalue weighted by Gasteiger charge is -2.11. The zero-order valence-electron chi connectivity index (χ0n) is 12.6. The summed E-state index contributed by atoms with van der Waals surface area (Å²) in [6.07, 6.45) is 1.74. The van der Waals surface area contributed by atoms with Gasteiger partial charge in [0.1, 0.15) is 6.42 Å². The minimum atomic E-state index is -0.412. The SMILES string of the molecule is CC(=O)c1cccc(NC(=O)CC(=O)NCC2CCCO2)c1. The molecule has 0 bridgehead atoms. The van der Waals surface area contributed by atoms with Crippen molar-refractivity contribution >= 4 is 23.3 Å². The van der Waals surface area contributed by atoms with Crippen molar-refractivity contribution in [1.29, 1.82) is 0 Å². The van der Waals surface area contributed by atoms with E-state index in [1.807, 2.05) is 0 Å². The molecule has 6 nitrogen and oxygen atoms in total. The quantitative estimate of drug-likeness (QED) is 0.616. The van der Waals surface area contributed by atoms with Crippen LogP contribution in [-0.4, -0.2) is 36.9 Å². The van der Waals surface area contributed by atoms with Gasteiger partial charge >= 0.3 is 0 Å². The van der Waals surface area contributed by atoms with E-state index in [0.717, 1.165) is 19.4 Å². The van der Waals surface area contributed by atoms with Gasteiger partial charge in [-0.2, -0.15) is 0 Å². The molecule has 1 saturated heterocycles. The van der Waals surface area contributed by atoms with E-state index in [4.69, 9.17) is 4.74 Å². The molecule has 22 heavy (non-hydrogen) atoms. The predicted molar refractivity (Wildman–Crippen MR) is 81.7 cm³/mol. The molecule has 2 amide bonds. The van der Waals surface area contributed by atoms with E-state index in [9.17, 15) is 14.4 Å². The number of carbonyl (C=O) groups excluding carboxylic acids is 3. The van der Waals surface area contributed by atoms with Crippen LogP contribution in [0.15, 0.2) is 24.3 Å². The van der Waals surface area contributed by atoms with E-state index in [0.29, 0.717) is 17.8 Å². The molecule has 0 aliphatic carbocycles. The fraction of sp³-hybridized carbons (Fsp3) is 0.438. The van der Waals surface area contributed by atoms with Crippen molar-refractivity contribution in [3.8, 4) is 0 Å². The van der Waals surface area contributed by atoms with Gasteiger partial charge in [0.15, 0.2) is 5.78 Å². The van der Waals surface area contributed by atoms with E-state index in [2.05, 4.69) is 10.6 Å². The van der Waals surface area contributed by atoms with Crippen LogP contribution in [0.1, 0.15) is 36.5 Å². The molecular weight excluding hydrogens is 284 g/mol. The van der Waals surface area contributed by atoms with Gasteiger partial charge in [0.25, 0.3) is 0 Å². The van der Waals surface area contributed by atoms with Crippen LogP contribution in [0, 0.1) is 0 Å². The number of ketones is 1. The molecule has 6 heteroatoms. The number of anilines is 1. The largest absolute Gasteiger partial charge is 0.376 e. The van der Waals surface area contributed by atoms with E-state index < -0.39 is 5.91 Å². The molecule has 2 rings (SSSR count). The molecule has 1 atom stereocenters. The molecule has 0 saturated carbocycles. The van der Waals surface area contributed by atoms with E-state index >= 15 is 0 Å². The number of hydrogen-bond acceptors (Lipinski definition) is 4. The Morgan fingerprint density at radius 1 is 1.27 bits per heavy atom. The Hall–Kier alpha value is -2.21. The van der Waals surface area contributed by atoms with E-state index in [1.165, 1.54) is 6.92 Å². The monoisotopic (exact) mass is 304 g/mol. The Balaban J connectivity index is 1.78. The summed E-state index contributed by atoms with van der Waals surface area (Å²) in [4.78, 5) is 34.8. The van der Waals surface area contributed by atoms with Crippen LogP contribution >= 0.6 is 0 Å². The number of ether oxygens (including phenoxy) is 1. The average Bonchev–Trinajstić information content (AvgIpc) is 2.98. The fourth-order valence-corrected chi connectivity index (χ4v) is 2.26. The van der Waals surface area contributed by atoms with Crippen molar-refractivity contribution in [3.63, 3.8) is 0 Å². The highest BCUT2D eigenvalue weighted by atomic mass is 16.5. The van der Waals surface area contributed by atoms with Crippen molar-refractivity contribution in [3.05, 3.63) is 29.8 Å². The normalized spacial score (nSPS) is 17.0.